The predicted molar refractivity (Wildman–Crippen MR) is 129 cm³/mol. The second kappa shape index (κ2) is 11.0. The molecule has 0 unspecified atom stereocenters. The van der Waals surface area contributed by atoms with E-state index in [9.17, 15) is 23.2 Å². The van der Waals surface area contributed by atoms with Gasteiger partial charge in [-0.1, -0.05) is 47.5 Å². The second-order valence-electron chi connectivity index (χ2n) is 6.90. The number of ether oxygens (including phenoxy) is 1. The average molecular weight is 570 g/mol. The van der Waals surface area contributed by atoms with Gasteiger partial charge in [0.2, 0.25) is 0 Å². The van der Waals surface area contributed by atoms with Crippen LogP contribution in [0.4, 0.5) is 18.9 Å². The van der Waals surface area contributed by atoms with Crippen LogP contribution in [0.2, 0.25) is 10.0 Å². The molecule has 3 aromatic rings. The molecule has 0 aliphatic carbocycles. The molecule has 0 aliphatic rings. The Bertz CT molecular complexity index is 1280. The Balaban J connectivity index is 1.79. The fourth-order valence-corrected chi connectivity index (χ4v) is 4.03. The van der Waals surface area contributed by atoms with E-state index in [1.54, 1.807) is 24.3 Å². The number of nitriles is 1. The lowest BCUT2D eigenvalue weighted by molar-refractivity contribution is -0.137. The zero-order valence-corrected chi connectivity index (χ0v) is 20.2. The van der Waals surface area contributed by atoms with Gasteiger partial charge in [0.1, 0.15) is 18.2 Å². The third kappa shape index (κ3) is 6.54. The van der Waals surface area contributed by atoms with E-state index in [1.165, 1.54) is 18.2 Å². The maximum Gasteiger partial charge on any atom is 0.416 e. The first-order chi connectivity index (χ1) is 16.1. The van der Waals surface area contributed by atoms with E-state index < -0.39 is 17.6 Å². The van der Waals surface area contributed by atoms with E-state index in [0.717, 1.165) is 23.8 Å². The van der Waals surface area contributed by atoms with Crippen LogP contribution in [-0.4, -0.2) is 5.91 Å². The van der Waals surface area contributed by atoms with Gasteiger partial charge < -0.3 is 10.1 Å². The Kier molecular flexibility index (Phi) is 8.26. The molecule has 34 heavy (non-hydrogen) atoms. The molecule has 3 rings (SSSR count). The zero-order valence-electron chi connectivity index (χ0n) is 17.1. The summed E-state index contributed by atoms with van der Waals surface area (Å²) in [5.74, 6) is -0.529. The van der Waals surface area contributed by atoms with Crippen LogP contribution in [0, 0.1) is 11.3 Å². The van der Waals surface area contributed by atoms with Crippen molar-refractivity contribution in [3.8, 4) is 11.8 Å². The molecular weight excluding hydrogens is 556 g/mol. The number of carbonyl (C=O) groups excluding carboxylic acids is 1. The van der Waals surface area contributed by atoms with Crippen molar-refractivity contribution in [1.82, 2.24) is 0 Å². The number of rotatable bonds is 6. The van der Waals surface area contributed by atoms with Crippen molar-refractivity contribution < 1.29 is 22.7 Å². The highest BCUT2D eigenvalue weighted by molar-refractivity contribution is 9.10. The highest BCUT2D eigenvalue weighted by Crippen LogP contribution is 2.36. The molecule has 0 fully saturated rings. The maximum absolute atomic E-state index is 12.9. The number of nitrogens with zero attached hydrogens (tertiary/aromatic N) is 1. The minimum absolute atomic E-state index is 0.0940. The van der Waals surface area contributed by atoms with Crippen LogP contribution in [0.15, 0.2) is 70.7 Å². The Hall–Kier alpha value is -2.99. The highest BCUT2D eigenvalue weighted by Gasteiger charge is 2.30. The molecule has 0 atom stereocenters. The minimum atomic E-state index is -4.56. The molecule has 0 bridgehead atoms. The third-order valence-corrected chi connectivity index (χ3v) is 5.71. The van der Waals surface area contributed by atoms with Crippen LogP contribution in [0.3, 0.4) is 0 Å². The number of nitrogens with one attached hydrogen (secondary N) is 1. The van der Waals surface area contributed by atoms with Crippen molar-refractivity contribution in [2.45, 2.75) is 12.8 Å². The van der Waals surface area contributed by atoms with Crippen molar-refractivity contribution in [3.05, 3.63) is 97.4 Å². The van der Waals surface area contributed by atoms with Gasteiger partial charge in [-0.05, 0) is 64.0 Å². The number of halogens is 6. The number of hydrogen-bond donors (Lipinski definition) is 1. The number of benzene rings is 3. The van der Waals surface area contributed by atoms with E-state index in [-0.39, 0.29) is 22.9 Å². The summed E-state index contributed by atoms with van der Waals surface area (Å²) in [5.41, 5.74) is -0.184. The molecule has 3 aromatic carbocycles. The van der Waals surface area contributed by atoms with Gasteiger partial charge >= 0.3 is 6.18 Å². The van der Waals surface area contributed by atoms with Gasteiger partial charge in [-0.25, -0.2) is 0 Å². The van der Waals surface area contributed by atoms with E-state index in [0.29, 0.717) is 20.8 Å². The van der Waals surface area contributed by atoms with E-state index in [2.05, 4.69) is 21.2 Å². The molecule has 0 aromatic heterocycles. The first-order valence-electron chi connectivity index (χ1n) is 9.54. The Morgan fingerprint density at radius 2 is 1.82 bits per heavy atom. The van der Waals surface area contributed by atoms with Gasteiger partial charge in [-0.15, -0.1) is 0 Å². The van der Waals surface area contributed by atoms with Crippen LogP contribution in [-0.2, 0) is 17.6 Å². The molecule has 0 spiro atoms. The molecule has 0 saturated heterocycles. The number of anilines is 1. The summed E-state index contributed by atoms with van der Waals surface area (Å²) in [4.78, 5) is 12.5. The van der Waals surface area contributed by atoms with E-state index >= 15 is 0 Å². The standard InChI is InChI=1S/C24H14BrCl2F3N2O2/c25-19-9-14(10-21(27)22(19)34-13-15-4-1-2-7-20(15)26)8-16(12-31)23(33)32-18-6-3-5-17(11-18)24(28,29)30/h1-11H,13H2,(H,32,33)/b16-8-. The summed E-state index contributed by atoms with van der Waals surface area (Å²) in [6, 6.07) is 16.1. The molecular formula is C24H14BrCl2F3N2O2. The van der Waals surface area contributed by atoms with Gasteiger partial charge in [-0.2, -0.15) is 18.4 Å². The van der Waals surface area contributed by atoms with Crippen LogP contribution in [0.25, 0.3) is 6.08 Å². The first-order valence-corrected chi connectivity index (χ1v) is 11.1. The van der Waals surface area contributed by atoms with Crippen molar-refractivity contribution in [2.75, 3.05) is 5.32 Å². The van der Waals surface area contributed by atoms with Crippen LogP contribution < -0.4 is 10.1 Å². The van der Waals surface area contributed by atoms with Crippen molar-refractivity contribution in [1.29, 1.82) is 5.26 Å². The topological polar surface area (TPSA) is 62.1 Å². The van der Waals surface area contributed by atoms with E-state index in [1.807, 2.05) is 12.1 Å². The molecule has 0 aliphatic heterocycles. The molecule has 1 N–H and O–H groups in total. The van der Waals surface area contributed by atoms with Gasteiger partial charge in [0.15, 0.2) is 5.75 Å². The summed E-state index contributed by atoms with van der Waals surface area (Å²) in [6.45, 7) is 0.163. The predicted octanol–water partition coefficient (Wildman–Crippen LogP) is 7.90. The lowest BCUT2D eigenvalue weighted by Crippen LogP contribution is -2.14. The largest absolute Gasteiger partial charge is 0.486 e. The lowest BCUT2D eigenvalue weighted by atomic mass is 10.1. The maximum atomic E-state index is 12.9. The molecule has 0 heterocycles. The summed E-state index contributed by atoms with van der Waals surface area (Å²) < 4.78 is 44.9. The smallest absolute Gasteiger partial charge is 0.416 e. The SMILES string of the molecule is N#C/C(=C/c1cc(Cl)c(OCc2ccccc2Cl)c(Br)c1)C(=O)Nc1cccc(C(F)(F)F)c1. The van der Waals surface area contributed by atoms with Crippen molar-refractivity contribution >= 4 is 56.8 Å². The summed E-state index contributed by atoms with van der Waals surface area (Å²) >= 11 is 15.8. The fourth-order valence-electron chi connectivity index (χ4n) is 2.85. The molecule has 0 radical (unpaired) electrons. The number of carbonyl (C=O) groups is 1. The molecule has 174 valence electrons. The van der Waals surface area contributed by atoms with Gasteiger partial charge in [0.25, 0.3) is 5.91 Å². The summed E-state index contributed by atoms with van der Waals surface area (Å²) in [7, 11) is 0. The monoisotopic (exact) mass is 568 g/mol. The summed E-state index contributed by atoms with van der Waals surface area (Å²) in [6.07, 6.45) is -3.30. The Morgan fingerprint density at radius 1 is 1.09 bits per heavy atom. The summed E-state index contributed by atoms with van der Waals surface area (Å²) in [5, 5.41) is 12.5. The highest BCUT2D eigenvalue weighted by atomic mass is 79.9. The molecule has 1 amide bonds. The van der Waals surface area contributed by atoms with Crippen molar-refractivity contribution in [3.63, 3.8) is 0 Å². The first kappa shape index (κ1) is 25.6. The van der Waals surface area contributed by atoms with E-state index in [4.69, 9.17) is 27.9 Å². The van der Waals surface area contributed by atoms with Gasteiger partial charge in [0, 0.05) is 16.3 Å². The Labute approximate surface area is 211 Å². The van der Waals surface area contributed by atoms with Crippen LogP contribution >= 0.6 is 39.1 Å². The third-order valence-electron chi connectivity index (χ3n) is 4.47. The van der Waals surface area contributed by atoms with Crippen LogP contribution in [0.1, 0.15) is 16.7 Å². The van der Waals surface area contributed by atoms with Crippen molar-refractivity contribution in [2.24, 2.45) is 0 Å². The number of amides is 1. The van der Waals surface area contributed by atoms with Crippen LogP contribution in [0.5, 0.6) is 5.75 Å². The number of alkyl halides is 3. The number of hydrogen-bond acceptors (Lipinski definition) is 3. The molecule has 4 nitrogen and oxygen atoms in total. The lowest BCUT2D eigenvalue weighted by Gasteiger charge is -2.12. The Morgan fingerprint density at radius 3 is 2.47 bits per heavy atom. The minimum Gasteiger partial charge on any atom is -0.486 e. The molecule has 0 saturated carbocycles. The van der Waals surface area contributed by atoms with Gasteiger partial charge in [-0.3, -0.25) is 4.79 Å². The fraction of sp³-hybridized carbons (Fsp3) is 0.0833. The van der Waals surface area contributed by atoms with Gasteiger partial charge in [0.05, 0.1) is 15.1 Å². The quantitative estimate of drug-likeness (QED) is 0.242. The molecule has 10 heteroatoms. The normalized spacial score (nSPS) is 11.6. The zero-order chi connectivity index (χ0) is 24.9. The second-order valence-corrected chi connectivity index (χ2v) is 8.57. The average Bonchev–Trinajstić information content (AvgIpc) is 2.77.